The average Bonchev–Trinajstić information content (AvgIpc) is 2.61. The Morgan fingerprint density at radius 2 is 2.09 bits per heavy atom. The molecular formula is C17H19BrN4O. The van der Waals surface area contributed by atoms with Crippen molar-refractivity contribution in [1.29, 1.82) is 0 Å². The summed E-state index contributed by atoms with van der Waals surface area (Å²) in [7, 11) is 2.07. The molecule has 2 aromatic heterocycles. The molecule has 0 radical (unpaired) electrons. The van der Waals surface area contributed by atoms with E-state index in [0.29, 0.717) is 11.6 Å². The summed E-state index contributed by atoms with van der Waals surface area (Å²) >= 11 is 3.36. The smallest absolute Gasteiger partial charge is 0.255 e. The molecule has 0 aromatic carbocycles. The van der Waals surface area contributed by atoms with Crippen molar-refractivity contribution in [3.63, 3.8) is 0 Å². The van der Waals surface area contributed by atoms with Crippen LogP contribution in [0.15, 0.2) is 47.3 Å². The number of hydrogen-bond donors (Lipinski definition) is 0. The molecule has 0 unspecified atom stereocenters. The summed E-state index contributed by atoms with van der Waals surface area (Å²) in [4.78, 5) is 25.1. The van der Waals surface area contributed by atoms with E-state index in [1.807, 2.05) is 35.4 Å². The Labute approximate surface area is 144 Å². The van der Waals surface area contributed by atoms with Gasteiger partial charge >= 0.3 is 0 Å². The normalized spacial score (nSPS) is 15.5. The van der Waals surface area contributed by atoms with Crippen molar-refractivity contribution in [2.24, 2.45) is 0 Å². The van der Waals surface area contributed by atoms with Gasteiger partial charge in [-0.2, -0.15) is 0 Å². The molecule has 5 nitrogen and oxygen atoms in total. The third-order valence-corrected chi connectivity index (χ3v) is 4.70. The Bertz CT molecular complexity index is 671. The monoisotopic (exact) mass is 374 g/mol. The van der Waals surface area contributed by atoms with Crippen LogP contribution in [0, 0.1) is 0 Å². The highest BCUT2D eigenvalue weighted by Crippen LogP contribution is 2.21. The number of halogens is 1. The number of piperidine rings is 1. The number of anilines is 1. The molecule has 0 bridgehead atoms. The number of carbonyl (C=O) groups is 1. The van der Waals surface area contributed by atoms with Crippen LogP contribution in [-0.2, 0) is 0 Å². The molecule has 1 amide bonds. The molecule has 23 heavy (non-hydrogen) atoms. The molecule has 120 valence electrons. The topological polar surface area (TPSA) is 49.3 Å². The van der Waals surface area contributed by atoms with Crippen LogP contribution in [0.5, 0.6) is 0 Å². The highest BCUT2D eigenvalue weighted by molar-refractivity contribution is 9.10. The molecular weight excluding hydrogens is 356 g/mol. The fourth-order valence-electron chi connectivity index (χ4n) is 2.92. The molecule has 1 fully saturated rings. The molecule has 0 spiro atoms. The van der Waals surface area contributed by atoms with Crippen molar-refractivity contribution in [3.8, 4) is 0 Å². The summed E-state index contributed by atoms with van der Waals surface area (Å²) in [6.45, 7) is 1.51. The highest BCUT2D eigenvalue weighted by atomic mass is 79.9. The molecule has 0 atom stereocenters. The van der Waals surface area contributed by atoms with E-state index in [4.69, 9.17) is 0 Å². The van der Waals surface area contributed by atoms with Crippen molar-refractivity contribution >= 4 is 27.7 Å². The van der Waals surface area contributed by atoms with Gasteiger partial charge in [-0.05, 0) is 47.0 Å². The predicted octanol–water partition coefficient (Wildman–Crippen LogP) is 2.98. The van der Waals surface area contributed by atoms with Crippen LogP contribution in [0.2, 0.25) is 0 Å². The Balaban J connectivity index is 1.61. The Kier molecular flexibility index (Phi) is 4.91. The first-order chi connectivity index (χ1) is 11.1. The summed E-state index contributed by atoms with van der Waals surface area (Å²) in [5, 5.41) is 0. The van der Waals surface area contributed by atoms with Crippen molar-refractivity contribution in [2.75, 3.05) is 25.0 Å². The lowest BCUT2D eigenvalue weighted by Gasteiger charge is -2.37. The molecule has 1 aliphatic heterocycles. The zero-order chi connectivity index (χ0) is 16.2. The van der Waals surface area contributed by atoms with Crippen LogP contribution in [0.1, 0.15) is 23.2 Å². The van der Waals surface area contributed by atoms with Crippen molar-refractivity contribution < 1.29 is 4.79 Å². The maximum Gasteiger partial charge on any atom is 0.255 e. The Morgan fingerprint density at radius 1 is 1.30 bits per heavy atom. The summed E-state index contributed by atoms with van der Waals surface area (Å²) in [6, 6.07) is 8.17. The molecule has 1 saturated heterocycles. The number of pyridine rings is 2. The van der Waals surface area contributed by atoms with Crippen molar-refractivity contribution in [3.05, 3.63) is 52.9 Å². The van der Waals surface area contributed by atoms with Gasteiger partial charge in [0, 0.05) is 49.2 Å². The third-order valence-electron chi connectivity index (χ3n) is 4.26. The Morgan fingerprint density at radius 3 is 2.74 bits per heavy atom. The molecule has 3 heterocycles. The average molecular weight is 375 g/mol. The van der Waals surface area contributed by atoms with Crippen LogP contribution in [0.25, 0.3) is 0 Å². The number of likely N-dealkylation sites (tertiary alicyclic amines) is 1. The second kappa shape index (κ2) is 7.08. The van der Waals surface area contributed by atoms with Gasteiger partial charge in [0.1, 0.15) is 5.82 Å². The zero-order valence-electron chi connectivity index (χ0n) is 13.0. The minimum atomic E-state index is 0.0535. The van der Waals surface area contributed by atoms with Gasteiger partial charge in [-0.3, -0.25) is 9.78 Å². The van der Waals surface area contributed by atoms with E-state index in [-0.39, 0.29) is 5.91 Å². The van der Waals surface area contributed by atoms with Gasteiger partial charge in [-0.25, -0.2) is 4.98 Å². The second-order valence-corrected chi connectivity index (χ2v) is 6.63. The SMILES string of the molecule is CN(c1ccccn1)C1CCN(C(=O)c2cncc(Br)c2)CC1. The first-order valence-electron chi connectivity index (χ1n) is 7.69. The number of nitrogens with zero attached hydrogens (tertiary/aromatic N) is 4. The molecule has 0 saturated carbocycles. The number of carbonyl (C=O) groups excluding carboxylic acids is 1. The number of aromatic nitrogens is 2. The Hall–Kier alpha value is -1.95. The summed E-state index contributed by atoms with van der Waals surface area (Å²) in [5.41, 5.74) is 0.635. The molecule has 2 aromatic rings. The third kappa shape index (κ3) is 3.69. The lowest BCUT2D eigenvalue weighted by Crippen LogP contribution is -2.45. The van der Waals surface area contributed by atoms with Gasteiger partial charge in [0.05, 0.1) is 5.56 Å². The molecule has 0 aliphatic carbocycles. The molecule has 1 aliphatic rings. The predicted molar refractivity (Wildman–Crippen MR) is 93.5 cm³/mol. The van der Waals surface area contributed by atoms with Crippen molar-refractivity contribution in [2.45, 2.75) is 18.9 Å². The summed E-state index contributed by atoms with van der Waals surface area (Å²) in [6.07, 6.45) is 7.01. The minimum absolute atomic E-state index is 0.0535. The summed E-state index contributed by atoms with van der Waals surface area (Å²) in [5.74, 6) is 1.03. The lowest BCUT2D eigenvalue weighted by molar-refractivity contribution is 0.0712. The van der Waals surface area contributed by atoms with Crippen LogP contribution in [-0.4, -0.2) is 47.0 Å². The standard InChI is InChI=1S/C17H19BrN4O/c1-21(16-4-2-3-7-20-16)15-5-8-22(9-6-15)17(23)13-10-14(18)12-19-11-13/h2-4,7,10-12,15H,5-6,8-9H2,1H3. The van der Waals surface area contributed by atoms with Gasteiger partial charge in [0.25, 0.3) is 5.91 Å². The fourth-order valence-corrected chi connectivity index (χ4v) is 3.28. The maximum absolute atomic E-state index is 12.5. The van der Waals surface area contributed by atoms with Gasteiger partial charge in [0.15, 0.2) is 0 Å². The van der Waals surface area contributed by atoms with E-state index in [0.717, 1.165) is 36.2 Å². The number of rotatable bonds is 3. The first kappa shape index (κ1) is 15.9. The van der Waals surface area contributed by atoms with Crippen molar-refractivity contribution in [1.82, 2.24) is 14.9 Å². The minimum Gasteiger partial charge on any atom is -0.357 e. The maximum atomic E-state index is 12.5. The number of hydrogen-bond acceptors (Lipinski definition) is 4. The lowest BCUT2D eigenvalue weighted by atomic mass is 10.0. The van der Waals surface area contributed by atoms with E-state index in [1.54, 1.807) is 12.4 Å². The van der Waals surface area contributed by atoms with Crippen LogP contribution < -0.4 is 4.90 Å². The summed E-state index contributed by atoms with van der Waals surface area (Å²) < 4.78 is 0.827. The van der Waals surface area contributed by atoms with Gasteiger partial charge in [-0.1, -0.05) is 6.07 Å². The van der Waals surface area contributed by atoms with E-state index < -0.39 is 0 Å². The van der Waals surface area contributed by atoms with Crippen LogP contribution >= 0.6 is 15.9 Å². The highest BCUT2D eigenvalue weighted by Gasteiger charge is 2.26. The molecule has 6 heteroatoms. The van der Waals surface area contributed by atoms with Gasteiger partial charge in [0.2, 0.25) is 0 Å². The number of amides is 1. The van der Waals surface area contributed by atoms with Gasteiger partial charge in [-0.15, -0.1) is 0 Å². The first-order valence-corrected chi connectivity index (χ1v) is 8.48. The zero-order valence-corrected chi connectivity index (χ0v) is 14.6. The van der Waals surface area contributed by atoms with E-state index in [1.165, 1.54) is 0 Å². The molecule has 3 rings (SSSR count). The van der Waals surface area contributed by atoms with E-state index in [2.05, 4.69) is 37.8 Å². The molecule has 0 N–H and O–H groups in total. The van der Waals surface area contributed by atoms with Crippen LogP contribution in [0.3, 0.4) is 0 Å². The van der Waals surface area contributed by atoms with E-state index >= 15 is 0 Å². The van der Waals surface area contributed by atoms with Crippen LogP contribution in [0.4, 0.5) is 5.82 Å². The quantitative estimate of drug-likeness (QED) is 0.828. The largest absolute Gasteiger partial charge is 0.357 e. The van der Waals surface area contributed by atoms with Gasteiger partial charge < -0.3 is 9.80 Å². The fraction of sp³-hybridized carbons (Fsp3) is 0.353. The second-order valence-electron chi connectivity index (χ2n) is 5.71. The van der Waals surface area contributed by atoms with E-state index in [9.17, 15) is 4.79 Å².